The number of hydrogen-bond donors (Lipinski definition) is 9. The lowest BCUT2D eigenvalue weighted by Crippen LogP contribution is -2.65. The summed E-state index contributed by atoms with van der Waals surface area (Å²) in [5, 5.41) is 76.9. The molecule has 2 aliphatic heterocycles. The number of dihydropyridines is 1. The van der Waals surface area contributed by atoms with Crippen LogP contribution in [-0.2, 0) is 9.53 Å². The average molecular weight is 744 g/mol. The number of nitrogens with one attached hydrogen (secondary N) is 2. The number of allylic oxidation sites excluding steroid dienone is 3. The minimum Gasteiger partial charge on any atom is -0.392 e. The fourth-order valence-electron chi connectivity index (χ4n) is 12.0. The van der Waals surface area contributed by atoms with Crippen LogP contribution in [0, 0.1) is 46.3 Å². The Morgan fingerprint density at radius 2 is 1.87 bits per heavy atom. The van der Waals surface area contributed by atoms with E-state index in [1.54, 1.807) is 13.8 Å². The normalized spacial score (nSPS) is 43.4. The van der Waals surface area contributed by atoms with Gasteiger partial charge in [0.25, 0.3) is 0 Å². The monoisotopic (exact) mass is 744 g/mol. The van der Waals surface area contributed by atoms with Crippen molar-refractivity contribution in [3.8, 4) is 0 Å². The summed E-state index contributed by atoms with van der Waals surface area (Å²) in [6.45, 7) is 12.6. The average Bonchev–Trinajstić information content (AvgIpc) is 3.60. The fourth-order valence-corrected chi connectivity index (χ4v) is 12.0. The summed E-state index contributed by atoms with van der Waals surface area (Å²) in [6.07, 6.45) is 7.55. The van der Waals surface area contributed by atoms with Crippen LogP contribution in [0.3, 0.4) is 0 Å². The standard InChI is InChI=1S/C42H69N3O8/c1-23(2)8-7-9-27-22-53-37(25(27)4)38(50)40(6,51)32-14-17-42(52)34-28(13-15-39(32,42)5)41(16-12-26-10-11-33(43)44-21-26)19-31(48)30(47)18-29(41)36(49)35(34)45-20-24(3)46/h10-11,21,23-25,27-33,37-38,44-48,50-52H,7-9,12-20,22,43H2,1-6H3/t24-,25-,27+,28-,29-,30+,31-,32-,33?,37+,38+,39+,40+,41+,42+/m0/s1. The maximum atomic E-state index is 14.9. The van der Waals surface area contributed by atoms with Crippen LogP contribution in [0.4, 0.5) is 0 Å². The van der Waals surface area contributed by atoms with Gasteiger partial charge in [0.1, 0.15) is 6.10 Å². The summed E-state index contributed by atoms with van der Waals surface area (Å²) < 4.78 is 6.26. The molecule has 10 N–H and O–H groups in total. The van der Waals surface area contributed by atoms with Crippen molar-refractivity contribution in [3.05, 3.63) is 35.2 Å². The molecule has 4 aliphatic carbocycles. The first kappa shape index (κ1) is 40.8. The summed E-state index contributed by atoms with van der Waals surface area (Å²) in [5.74, 6) is -0.621. The second-order valence-corrected chi connectivity index (χ2v) is 18.9. The number of carbonyl (C=O) groups is 1. The molecule has 15 atom stereocenters. The molecule has 0 aromatic carbocycles. The van der Waals surface area contributed by atoms with Crippen LogP contribution < -0.4 is 16.4 Å². The Balaban J connectivity index is 1.35. The zero-order chi connectivity index (χ0) is 38.7. The van der Waals surface area contributed by atoms with Crippen molar-refractivity contribution in [1.82, 2.24) is 10.6 Å². The zero-order valence-corrected chi connectivity index (χ0v) is 32.9. The third-order valence-electron chi connectivity index (χ3n) is 15.2. The predicted molar refractivity (Wildman–Crippen MR) is 203 cm³/mol. The predicted octanol–water partition coefficient (Wildman–Crippen LogP) is 3.17. The van der Waals surface area contributed by atoms with E-state index in [1.807, 2.05) is 25.3 Å². The number of Topliss-reactive ketones (excluding diaryl/α,β-unsaturated/α-hetero) is 1. The molecule has 0 amide bonds. The Labute approximate surface area is 316 Å². The largest absolute Gasteiger partial charge is 0.392 e. The maximum absolute atomic E-state index is 14.9. The molecule has 1 unspecified atom stereocenters. The molecule has 53 heavy (non-hydrogen) atoms. The molecular formula is C42H69N3O8. The Bertz CT molecular complexity index is 1440. The van der Waals surface area contributed by atoms with E-state index < -0.39 is 64.4 Å². The topological polar surface area (TPSA) is 198 Å². The van der Waals surface area contributed by atoms with Crippen molar-refractivity contribution in [1.29, 1.82) is 0 Å². The van der Waals surface area contributed by atoms with E-state index in [0.717, 1.165) is 24.8 Å². The summed E-state index contributed by atoms with van der Waals surface area (Å²) in [6, 6.07) is 0. The van der Waals surface area contributed by atoms with E-state index in [1.165, 1.54) is 0 Å². The van der Waals surface area contributed by atoms with E-state index in [2.05, 4.69) is 31.4 Å². The van der Waals surface area contributed by atoms with Gasteiger partial charge in [0.05, 0.1) is 54.1 Å². The van der Waals surface area contributed by atoms with Gasteiger partial charge in [0.15, 0.2) is 5.78 Å². The van der Waals surface area contributed by atoms with E-state index in [9.17, 15) is 35.4 Å². The number of hydrogen-bond acceptors (Lipinski definition) is 11. The number of carbonyl (C=O) groups excluding carboxylic acids is 1. The van der Waals surface area contributed by atoms with Crippen molar-refractivity contribution < 1.29 is 40.2 Å². The molecule has 1 saturated heterocycles. The Morgan fingerprint density at radius 3 is 2.53 bits per heavy atom. The molecule has 6 aliphatic rings. The van der Waals surface area contributed by atoms with Crippen LogP contribution >= 0.6 is 0 Å². The zero-order valence-electron chi connectivity index (χ0n) is 32.9. The van der Waals surface area contributed by atoms with Gasteiger partial charge in [-0.25, -0.2) is 0 Å². The van der Waals surface area contributed by atoms with Crippen LogP contribution in [0.25, 0.3) is 0 Å². The lowest BCUT2D eigenvalue weighted by molar-refractivity contribution is -0.196. The highest BCUT2D eigenvalue weighted by atomic mass is 16.5. The summed E-state index contributed by atoms with van der Waals surface area (Å²) >= 11 is 0. The Kier molecular flexibility index (Phi) is 11.7. The van der Waals surface area contributed by atoms with Crippen LogP contribution in [0.1, 0.15) is 112 Å². The highest BCUT2D eigenvalue weighted by molar-refractivity contribution is 6.00. The molecule has 0 aromatic heterocycles. The molecule has 11 nitrogen and oxygen atoms in total. The lowest BCUT2D eigenvalue weighted by atomic mass is 9.43. The quantitative estimate of drug-likeness (QED) is 0.134. The summed E-state index contributed by atoms with van der Waals surface area (Å²) in [4.78, 5) is 14.9. The van der Waals surface area contributed by atoms with Gasteiger partial charge in [-0.2, -0.15) is 0 Å². The van der Waals surface area contributed by atoms with Gasteiger partial charge in [-0.05, 0) is 124 Å². The van der Waals surface area contributed by atoms with Crippen molar-refractivity contribution in [2.75, 3.05) is 13.2 Å². The van der Waals surface area contributed by atoms with E-state index in [-0.39, 0.29) is 49.6 Å². The van der Waals surface area contributed by atoms with Gasteiger partial charge in [-0.1, -0.05) is 46.6 Å². The first-order valence-electron chi connectivity index (χ1n) is 20.6. The van der Waals surface area contributed by atoms with Crippen molar-refractivity contribution in [3.63, 3.8) is 0 Å². The highest BCUT2D eigenvalue weighted by Gasteiger charge is 2.71. The molecule has 0 aromatic rings. The molecule has 300 valence electrons. The number of rotatable bonds is 13. The van der Waals surface area contributed by atoms with Crippen molar-refractivity contribution in [2.45, 2.75) is 160 Å². The third kappa shape index (κ3) is 7.09. The van der Waals surface area contributed by atoms with E-state index >= 15 is 0 Å². The smallest absolute Gasteiger partial charge is 0.182 e. The van der Waals surface area contributed by atoms with Gasteiger partial charge in [0.2, 0.25) is 0 Å². The van der Waals surface area contributed by atoms with Crippen molar-refractivity contribution >= 4 is 5.78 Å². The minimum absolute atomic E-state index is 0.0624. The summed E-state index contributed by atoms with van der Waals surface area (Å²) in [5.41, 5.74) is 3.18. The van der Waals surface area contributed by atoms with Crippen LogP contribution in [0.2, 0.25) is 0 Å². The molecule has 0 radical (unpaired) electrons. The third-order valence-corrected chi connectivity index (χ3v) is 15.2. The molecular weight excluding hydrogens is 674 g/mol. The molecule has 0 spiro atoms. The number of ketones is 1. The van der Waals surface area contributed by atoms with E-state index in [4.69, 9.17) is 10.5 Å². The minimum atomic E-state index is -1.59. The molecule has 11 heteroatoms. The second-order valence-electron chi connectivity index (χ2n) is 18.9. The maximum Gasteiger partial charge on any atom is 0.182 e. The first-order valence-corrected chi connectivity index (χ1v) is 20.6. The first-order chi connectivity index (χ1) is 24.9. The fraction of sp³-hybridized carbons (Fsp3) is 0.833. The molecule has 2 heterocycles. The molecule has 3 saturated carbocycles. The summed E-state index contributed by atoms with van der Waals surface area (Å²) in [7, 11) is 0. The van der Waals surface area contributed by atoms with Crippen molar-refractivity contribution in [2.24, 2.45) is 52.1 Å². The lowest BCUT2D eigenvalue weighted by Gasteiger charge is -2.62. The number of aliphatic hydroxyl groups is 6. The SMILES string of the molecule is CC(C)CCC[C@@H]1CO[C@@H]([C@@H](O)[C@](C)(O)[C@H]2CC[C@@]3(O)C4=C(NC[C@H](C)O)C(=O)[C@@H]5C[C@@H](O)[C@@H](O)C[C@]5(CCC5=CNC(N)C=C5)[C@H]4CC[C@]23C)[C@H]1C. The Hall–Kier alpha value is -1.83. The number of aliphatic hydroxyl groups excluding tert-OH is 4. The number of ether oxygens (including phenoxy) is 1. The van der Waals surface area contributed by atoms with Crippen LogP contribution in [-0.4, -0.2) is 97.5 Å². The van der Waals surface area contributed by atoms with E-state index in [0.29, 0.717) is 61.8 Å². The molecule has 4 fully saturated rings. The number of nitrogens with two attached hydrogens (primary N) is 1. The van der Waals surface area contributed by atoms with Gasteiger partial charge in [-0.3, -0.25) is 4.79 Å². The van der Waals surface area contributed by atoms with Crippen LogP contribution in [0.15, 0.2) is 35.2 Å². The Morgan fingerprint density at radius 1 is 1.13 bits per heavy atom. The van der Waals surface area contributed by atoms with Crippen LogP contribution in [0.5, 0.6) is 0 Å². The highest BCUT2D eigenvalue weighted by Crippen LogP contribution is 2.70. The second kappa shape index (κ2) is 15.3. The number of fused-ring (bicyclic) bond motifs is 5. The van der Waals surface area contributed by atoms with Gasteiger partial charge in [0, 0.05) is 24.1 Å². The van der Waals surface area contributed by atoms with Gasteiger partial charge < -0.3 is 51.7 Å². The van der Waals surface area contributed by atoms with Gasteiger partial charge >= 0.3 is 0 Å². The molecule has 0 bridgehead atoms. The van der Waals surface area contributed by atoms with Gasteiger partial charge in [-0.15, -0.1) is 0 Å². The molecule has 6 rings (SSSR count).